The molecule has 3 aromatic rings. The summed E-state index contributed by atoms with van der Waals surface area (Å²) in [6, 6.07) is 1.23. The van der Waals surface area contributed by atoms with Gasteiger partial charge in [0.25, 0.3) is 5.91 Å². The lowest BCUT2D eigenvalue weighted by atomic mass is 9.84. The summed E-state index contributed by atoms with van der Waals surface area (Å²) in [5, 5.41) is 17.1. The van der Waals surface area contributed by atoms with Crippen LogP contribution in [0.1, 0.15) is 43.6 Å². The number of alkyl halides is 4. The van der Waals surface area contributed by atoms with Gasteiger partial charge in [0.05, 0.1) is 30.0 Å². The van der Waals surface area contributed by atoms with Crippen molar-refractivity contribution in [3.8, 4) is 17.1 Å². The van der Waals surface area contributed by atoms with E-state index < -0.39 is 46.5 Å². The molecule has 2 atom stereocenters. The summed E-state index contributed by atoms with van der Waals surface area (Å²) in [5.74, 6) is -1.19. The van der Waals surface area contributed by atoms with Gasteiger partial charge in [-0.15, -0.1) is 0 Å². The molecule has 1 amide bonds. The molecular weight excluding hydrogens is 510 g/mol. The third-order valence-electron chi connectivity index (χ3n) is 7.33. The van der Waals surface area contributed by atoms with Gasteiger partial charge in [-0.2, -0.15) is 18.3 Å². The van der Waals surface area contributed by atoms with Crippen molar-refractivity contribution in [1.82, 2.24) is 29.8 Å². The predicted octanol–water partition coefficient (Wildman–Crippen LogP) is 2.70. The number of pyridine rings is 1. The van der Waals surface area contributed by atoms with E-state index in [1.165, 1.54) is 19.4 Å². The molecule has 1 aliphatic heterocycles. The zero-order valence-electron chi connectivity index (χ0n) is 21.5. The number of amides is 1. The third-order valence-corrected chi connectivity index (χ3v) is 7.33. The molecule has 38 heavy (non-hydrogen) atoms. The quantitative estimate of drug-likeness (QED) is 0.408. The van der Waals surface area contributed by atoms with E-state index in [-0.39, 0.29) is 41.6 Å². The lowest BCUT2D eigenvalue weighted by molar-refractivity contribution is -0.136. The molecule has 2 unspecified atom stereocenters. The number of carbonyl (C=O) groups is 1. The summed E-state index contributed by atoms with van der Waals surface area (Å²) in [6.45, 7) is 6.95. The Hall–Kier alpha value is -3.52. The van der Waals surface area contributed by atoms with Crippen LogP contribution in [0.2, 0.25) is 0 Å². The van der Waals surface area contributed by atoms with Crippen LogP contribution in [0.5, 0.6) is 5.88 Å². The van der Waals surface area contributed by atoms with Gasteiger partial charge in [-0.1, -0.05) is 0 Å². The van der Waals surface area contributed by atoms with Gasteiger partial charge in [0.2, 0.25) is 5.88 Å². The second kappa shape index (κ2) is 9.34. The van der Waals surface area contributed by atoms with E-state index in [0.29, 0.717) is 0 Å². The van der Waals surface area contributed by atoms with Crippen LogP contribution in [0.3, 0.4) is 0 Å². The van der Waals surface area contributed by atoms with Crippen LogP contribution < -0.4 is 15.8 Å². The summed E-state index contributed by atoms with van der Waals surface area (Å²) >= 11 is 0. The van der Waals surface area contributed by atoms with Crippen molar-refractivity contribution in [1.29, 1.82) is 0 Å². The molecule has 0 bridgehead atoms. The number of ether oxygens (including phenoxy) is 1. The molecular formula is C24H29F4N7O3. The van der Waals surface area contributed by atoms with E-state index in [2.05, 4.69) is 20.4 Å². The highest BCUT2D eigenvalue weighted by molar-refractivity contribution is 5.98. The Kier molecular flexibility index (Phi) is 6.77. The maximum Gasteiger partial charge on any atom is 0.418 e. The minimum absolute atomic E-state index is 0.00511. The van der Waals surface area contributed by atoms with Crippen molar-refractivity contribution in [2.24, 2.45) is 0 Å². The Bertz CT molecular complexity index is 1370. The van der Waals surface area contributed by atoms with Gasteiger partial charge in [0, 0.05) is 30.4 Å². The van der Waals surface area contributed by atoms with Crippen LogP contribution in [0.15, 0.2) is 24.7 Å². The Morgan fingerprint density at radius 3 is 2.47 bits per heavy atom. The molecule has 14 heteroatoms. The minimum Gasteiger partial charge on any atom is -0.480 e. The zero-order chi connectivity index (χ0) is 28.2. The van der Waals surface area contributed by atoms with E-state index in [4.69, 9.17) is 10.5 Å². The smallest absolute Gasteiger partial charge is 0.418 e. The summed E-state index contributed by atoms with van der Waals surface area (Å²) in [6.07, 6.45) is -3.92. The van der Waals surface area contributed by atoms with Crippen LogP contribution in [0.4, 0.5) is 23.4 Å². The molecule has 3 aromatic heterocycles. The average molecular weight is 540 g/mol. The van der Waals surface area contributed by atoms with Crippen molar-refractivity contribution in [2.45, 2.75) is 57.2 Å². The fraction of sp³-hybridized carbons (Fsp3) is 0.500. The van der Waals surface area contributed by atoms with Gasteiger partial charge >= 0.3 is 6.18 Å². The van der Waals surface area contributed by atoms with Gasteiger partial charge in [0.15, 0.2) is 5.82 Å². The maximum absolute atomic E-state index is 15.0. The fourth-order valence-corrected chi connectivity index (χ4v) is 4.40. The maximum atomic E-state index is 15.0. The number of hydrogen-bond acceptors (Lipinski definition) is 8. The third kappa shape index (κ3) is 4.73. The number of rotatable bonds is 6. The summed E-state index contributed by atoms with van der Waals surface area (Å²) in [4.78, 5) is 22.7. The summed E-state index contributed by atoms with van der Waals surface area (Å²) in [5.41, 5.74) is 2.28. The molecule has 206 valence electrons. The molecule has 4 heterocycles. The second-order valence-electron chi connectivity index (χ2n) is 10.2. The molecule has 1 saturated heterocycles. The Balaban J connectivity index is 1.69. The molecule has 1 aliphatic rings. The standard InChI is InChI=1S/C24H29F4N7O3/c1-22(2,23(3,4)37)34-9-15(25)16(10-34)33-20(36)13-6-12(8-30-21(13)38-5)17-7-14(24(26,27)28)18-19(29)31-11-32-35(17)18/h6-8,11,15-16,37H,9-10H2,1-5H3,(H,33,36)(H2,29,31,32). The zero-order valence-corrected chi connectivity index (χ0v) is 21.5. The van der Waals surface area contributed by atoms with Crippen molar-refractivity contribution < 1.29 is 32.2 Å². The van der Waals surface area contributed by atoms with Gasteiger partial charge < -0.3 is 20.9 Å². The lowest BCUT2D eigenvalue weighted by Gasteiger charge is -2.44. The molecule has 1 fully saturated rings. The Morgan fingerprint density at radius 2 is 1.87 bits per heavy atom. The highest BCUT2D eigenvalue weighted by Gasteiger charge is 2.47. The number of nitrogens with zero attached hydrogens (tertiary/aromatic N) is 5. The number of fused-ring (bicyclic) bond motifs is 1. The van der Waals surface area contributed by atoms with Crippen molar-refractivity contribution in [3.63, 3.8) is 0 Å². The van der Waals surface area contributed by atoms with Crippen LogP contribution in [0.25, 0.3) is 16.8 Å². The first-order valence-electron chi connectivity index (χ1n) is 11.7. The molecule has 4 N–H and O–H groups in total. The van der Waals surface area contributed by atoms with Crippen molar-refractivity contribution in [3.05, 3.63) is 35.8 Å². The van der Waals surface area contributed by atoms with E-state index in [1.54, 1.807) is 32.6 Å². The predicted molar refractivity (Wildman–Crippen MR) is 130 cm³/mol. The van der Waals surface area contributed by atoms with Gasteiger partial charge in [-0.05, 0) is 39.8 Å². The normalized spacial score (nSPS) is 19.2. The number of halogens is 4. The van der Waals surface area contributed by atoms with E-state index in [9.17, 15) is 27.5 Å². The first-order valence-corrected chi connectivity index (χ1v) is 11.7. The number of nitrogens with two attached hydrogens (primary N) is 1. The summed E-state index contributed by atoms with van der Waals surface area (Å²) in [7, 11) is 1.28. The number of nitrogens with one attached hydrogen (secondary N) is 1. The van der Waals surface area contributed by atoms with Crippen LogP contribution in [-0.4, -0.2) is 79.0 Å². The molecule has 0 aromatic carbocycles. The number of likely N-dealkylation sites (tertiary alicyclic amines) is 1. The largest absolute Gasteiger partial charge is 0.480 e. The molecule has 0 spiro atoms. The minimum atomic E-state index is -4.75. The highest BCUT2D eigenvalue weighted by atomic mass is 19.4. The SMILES string of the molecule is COc1ncc(-c2cc(C(F)(F)F)c3c(N)ncnn23)cc1C(=O)NC1CN(C(C)(C)C(C)(C)O)CC1F. The topological polar surface area (TPSA) is 131 Å². The fourth-order valence-electron chi connectivity index (χ4n) is 4.40. The van der Waals surface area contributed by atoms with Crippen LogP contribution >= 0.6 is 0 Å². The monoisotopic (exact) mass is 539 g/mol. The molecule has 0 saturated carbocycles. The number of carbonyl (C=O) groups excluding carboxylic acids is 1. The average Bonchev–Trinajstić information content (AvgIpc) is 3.40. The number of anilines is 1. The first-order chi connectivity index (χ1) is 17.6. The molecule has 10 nitrogen and oxygen atoms in total. The number of aliphatic hydroxyl groups is 1. The second-order valence-corrected chi connectivity index (χ2v) is 10.2. The number of hydrogen-bond donors (Lipinski definition) is 3. The van der Waals surface area contributed by atoms with E-state index >= 15 is 0 Å². The van der Waals surface area contributed by atoms with Gasteiger partial charge in [-0.3, -0.25) is 9.69 Å². The first kappa shape index (κ1) is 27.5. The molecule has 0 aliphatic carbocycles. The molecule has 4 rings (SSSR count). The number of aromatic nitrogens is 4. The van der Waals surface area contributed by atoms with E-state index in [0.717, 1.165) is 16.9 Å². The van der Waals surface area contributed by atoms with Crippen LogP contribution in [-0.2, 0) is 6.18 Å². The van der Waals surface area contributed by atoms with Gasteiger partial charge in [-0.25, -0.2) is 18.9 Å². The number of methoxy groups -OCH3 is 1. The summed E-state index contributed by atoms with van der Waals surface area (Å²) < 4.78 is 62.3. The van der Waals surface area contributed by atoms with Crippen molar-refractivity contribution >= 4 is 17.2 Å². The molecule has 0 radical (unpaired) electrons. The lowest BCUT2D eigenvalue weighted by Crippen LogP contribution is -2.57. The van der Waals surface area contributed by atoms with Crippen LogP contribution in [0, 0.1) is 0 Å². The number of nitrogen functional groups attached to an aromatic ring is 1. The van der Waals surface area contributed by atoms with E-state index in [1.807, 2.05) is 0 Å². The highest BCUT2D eigenvalue weighted by Crippen LogP contribution is 2.39. The Labute approximate surface area is 215 Å². The van der Waals surface area contributed by atoms with Gasteiger partial charge in [0.1, 0.15) is 23.6 Å². The van der Waals surface area contributed by atoms with Crippen molar-refractivity contribution in [2.75, 3.05) is 25.9 Å². The Morgan fingerprint density at radius 1 is 1.18 bits per heavy atom.